The highest BCUT2D eigenvalue weighted by Gasteiger charge is 2.25. The van der Waals surface area contributed by atoms with E-state index in [2.05, 4.69) is 15.0 Å². The summed E-state index contributed by atoms with van der Waals surface area (Å²) < 4.78 is 5.23. The van der Waals surface area contributed by atoms with Crippen molar-refractivity contribution >= 4 is 5.91 Å². The maximum atomic E-state index is 12.7. The first-order chi connectivity index (χ1) is 14.6. The summed E-state index contributed by atoms with van der Waals surface area (Å²) in [4.78, 5) is 38.6. The Balaban J connectivity index is 1.41. The molecule has 1 fully saturated rings. The van der Waals surface area contributed by atoms with Gasteiger partial charge in [0.15, 0.2) is 0 Å². The van der Waals surface area contributed by atoms with E-state index in [9.17, 15) is 9.59 Å². The van der Waals surface area contributed by atoms with Crippen LogP contribution >= 0.6 is 0 Å². The van der Waals surface area contributed by atoms with Gasteiger partial charge in [-0.2, -0.15) is 0 Å². The van der Waals surface area contributed by atoms with Gasteiger partial charge in [-0.25, -0.2) is 4.98 Å². The average Bonchev–Trinajstić information content (AvgIpc) is 2.79. The van der Waals surface area contributed by atoms with Crippen molar-refractivity contribution in [3.8, 4) is 17.1 Å². The van der Waals surface area contributed by atoms with E-state index >= 15 is 0 Å². The number of nitrogens with one attached hydrogen (secondary N) is 1. The van der Waals surface area contributed by atoms with Gasteiger partial charge >= 0.3 is 0 Å². The molecular weight excluding hydrogens is 380 g/mol. The number of nitrogens with zero attached hydrogens (tertiary/aromatic N) is 3. The molecule has 30 heavy (non-hydrogen) atoms. The lowest BCUT2D eigenvalue weighted by Crippen LogP contribution is -2.39. The molecule has 0 spiro atoms. The fraction of sp³-hybridized carbons (Fsp3) is 0.304. The van der Waals surface area contributed by atoms with Gasteiger partial charge in [-0.05, 0) is 42.7 Å². The molecule has 1 aliphatic heterocycles. The van der Waals surface area contributed by atoms with E-state index < -0.39 is 0 Å². The van der Waals surface area contributed by atoms with Crippen LogP contribution in [0, 0.1) is 0 Å². The van der Waals surface area contributed by atoms with Gasteiger partial charge in [-0.15, -0.1) is 0 Å². The summed E-state index contributed by atoms with van der Waals surface area (Å²) in [5, 5.41) is 0. The van der Waals surface area contributed by atoms with Gasteiger partial charge in [0.2, 0.25) is 5.91 Å². The number of amides is 1. The number of piperidine rings is 1. The Kier molecular flexibility index (Phi) is 5.88. The SMILES string of the molecule is COc1cccc(CC(=O)N2CCC(c3nc(-c4ccccn4)cc(=O)[nH]3)CC2)c1. The Morgan fingerprint density at radius 1 is 1.13 bits per heavy atom. The summed E-state index contributed by atoms with van der Waals surface area (Å²) in [7, 11) is 1.62. The highest BCUT2D eigenvalue weighted by molar-refractivity contribution is 5.79. The van der Waals surface area contributed by atoms with Crippen LogP contribution < -0.4 is 10.3 Å². The van der Waals surface area contributed by atoms with Crippen LogP contribution in [0.15, 0.2) is 59.5 Å². The van der Waals surface area contributed by atoms with Gasteiger partial charge < -0.3 is 14.6 Å². The summed E-state index contributed by atoms with van der Waals surface area (Å²) in [6.07, 6.45) is 3.56. The second-order valence-electron chi connectivity index (χ2n) is 7.41. The normalized spacial score (nSPS) is 14.5. The molecule has 4 rings (SSSR count). The highest BCUT2D eigenvalue weighted by atomic mass is 16.5. The molecule has 0 atom stereocenters. The van der Waals surface area contributed by atoms with Gasteiger partial charge in [-0.3, -0.25) is 14.6 Å². The lowest BCUT2D eigenvalue weighted by atomic mass is 9.95. The molecule has 1 amide bonds. The standard InChI is InChI=1S/C23H24N4O3/c1-30-18-6-4-5-16(13-18)14-22(29)27-11-8-17(9-12-27)23-25-20(15-21(28)26-23)19-7-2-3-10-24-19/h2-7,10,13,15,17H,8-9,11-12,14H2,1H3,(H,25,26,28). The zero-order valence-corrected chi connectivity index (χ0v) is 16.9. The molecule has 1 aromatic carbocycles. The Bertz CT molecular complexity index is 1070. The number of ether oxygens (including phenoxy) is 1. The number of hydrogen-bond acceptors (Lipinski definition) is 5. The molecule has 7 nitrogen and oxygen atoms in total. The fourth-order valence-electron chi connectivity index (χ4n) is 3.79. The van der Waals surface area contributed by atoms with E-state index in [1.807, 2.05) is 47.4 Å². The second kappa shape index (κ2) is 8.90. The van der Waals surface area contributed by atoms with Gasteiger partial charge in [0.25, 0.3) is 5.56 Å². The van der Waals surface area contributed by atoms with Gasteiger partial charge in [-0.1, -0.05) is 18.2 Å². The van der Waals surface area contributed by atoms with Crippen LogP contribution in [0.5, 0.6) is 5.75 Å². The number of H-pyrrole nitrogens is 1. The minimum atomic E-state index is -0.183. The number of carbonyl (C=O) groups is 1. The topological polar surface area (TPSA) is 88.2 Å². The van der Waals surface area contributed by atoms with E-state index in [1.165, 1.54) is 6.07 Å². The zero-order chi connectivity index (χ0) is 20.9. The van der Waals surface area contributed by atoms with Crippen LogP contribution in [0.2, 0.25) is 0 Å². The third kappa shape index (κ3) is 4.56. The molecule has 1 N–H and O–H groups in total. The summed E-state index contributed by atoms with van der Waals surface area (Å²) >= 11 is 0. The molecule has 154 valence electrons. The fourth-order valence-corrected chi connectivity index (χ4v) is 3.79. The van der Waals surface area contributed by atoms with E-state index in [-0.39, 0.29) is 17.4 Å². The largest absolute Gasteiger partial charge is 0.497 e. The lowest BCUT2D eigenvalue weighted by Gasteiger charge is -2.31. The van der Waals surface area contributed by atoms with E-state index in [4.69, 9.17) is 4.74 Å². The monoisotopic (exact) mass is 404 g/mol. The van der Waals surface area contributed by atoms with Gasteiger partial charge in [0.1, 0.15) is 11.6 Å². The van der Waals surface area contributed by atoms with Crippen molar-refractivity contribution in [3.63, 3.8) is 0 Å². The molecule has 7 heteroatoms. The first-order valence-corrected chi connectivity index (χ1v) is 10.1. The molecule has 0 radical (unpaired) electrons. The summed E-state index contributed by atoms with van der Waals surface area (Å²) in [5.74, 6) is 1.64. The van der Waals surface area contributed by atoms with Crippen molar-refractivity contribution < 1.29 is 9.53 Å². The number of pyridine rings is 1. The Morgan fingerprint density at radius 2 is 1.97 bits per heavy atom. The second-order valence-corrected chi connectivity index (χ2v) is 7.41. The van der Waals surface area contributed by atoms with E-state index in [0.29, 0.717) is 36.7 Å². The minimum Gasteiger partial charge on any atom is -0.497 e. The number of hydrogen-bond donors (Lipinski definition) is 1. The number of aromatic nitrogens is 3. The van der Waals surface area contributed by atoms with Crippen LogP contribution in [0.3, 0.4) is 0 Å². The smallest absolute Gasteiger partial charge is 0.251 e. The average molecular weight is 404 g/mol. The molecule has 1 aliphatic rings. The predicted octanol–water partition coefficient (Wildman–Crippen LogP) is 2.79. The summed E-state index contributed by atoms with van der Waals surface area (Å²) in [6, 6.07) is 14.6. The highest BCUT2D eigenvalue weighted by Crippen LogP contribution is 2.26. The molecule has 2 aromatic heterocycles. The molecule has 0 aliphatic carbocycles. The van der Waals surface area contributed by atoms with Gasteiger partial charge in [0.05, 0.1) is 24.9 Å². The number of carbonyl (C=O) groups excluding carboxylic acids is 1. The molecule has 0 bridgehead atoms. The van der Waals surface area contributed by atoms with Crippen molar-refractivity contribution in [1.29, 1.82) is 0 Å². The van der Waals surface area contributed by atoms with Crippen LogP contribution in [0.4, 0.5) is 0 Å². The molecule has 3 aromatic rings. The first-order valence-electron chi connectivity index (χ1n) is 10.1. The van der Waals surface area contributed by atoms with Crippen molar-refractivity contribution in [2.75, 3.05) is 20.2 Å². The molecule has 0 saturated carbocycles. The quantitative estimate of drug-likeness (QED) is 0.706. The van der Waals surface area contributed by atoms with Crippen LogP contribution in [-0.2, 0) is 11.2 Å². The van der Waals surface area contributed by atoms with Crippen LogP contribution in [-0.4, -0.2) is 46.0 Å². The Labute approximate surface area is 174 Å². The van der Waals surface area contributed by atoms with E-state index in [0.717, 1.165) is 24.2 Å². The van der Waals surface area contributed by atoms with Crippen molar-refractivity contribution in [2.45, 2.75) is 25.2 Å². The van der Waals surface area contributed by atoms with Crippen molar-refractivity contribution in [1.82, 2.24) is 19.9 Å². The first kappa shape index (κ1) is 19.8. The third-order valence-electron chi connectivity index (χ3n) is 5.41. The Hall–Kier alpha value is -3.48. The molecular formula is C23H24N4O3. The summed E-state index contributed by atoms with van der Waals surface area (Å²) in [5.41, 5.74) is 2.01. The maximum absolute atomic E-state index is 12.7. The number of likely N-dealkylation sites (tertiary alicyclic amines) is 1. The van der Waals surface area contributed by atoms with Gasteiger partial charge in [0, 0.05) is 31.3 Å². The summed E-state index contributed by atoms with van der Waals surface area (Å²) in [6.45, 7) is 1.29. The predicted molar refractivity (Wildman–Crippen MR) is 113 cm³/mol. The van der Waals surface area contributed by atoms with E-state index in [1.54, 1.807) is 13.3 Å². The van der Waals surface area contributed by atoms with Crippen molar-refractivity contribution in [2.24, 2.45) is 0 Å². The van der Waals surface area contributed by atoms with Crippen LogP contribution in [0.1, 0.15) is 30.1 Å². The number of rotatable bonds is 5. The molecule has 1 saturated heterocycles. The lowest BCUT2D eigenvalue weighted by molar-refractivity contribution is -0.131. The number of benzene rings is 1. The zero-order valence-electron chi connectivity index (χ0n) is 16.9. The molecule has 3 heterocycles. The maximum Gasteiger partial charge on any atom is 0.251 e. The number of aromatic amines is 1. The molecule has 0 unspecified atom stereocenters. The minimum absolute atomic E-state index is 0.102. The third-order valence-corrected chi connectivity index (χ3v) is 5.41. The Morgan fingerprint density at radius 3 is 2.70 bits per heavy atom. The van der Waals surface area contributed by atoms with Crippen molar-refractivity contribution in [3.05, 3.63) is 76.5 Å². The van der Waals surface area contributed by atoms with Crippen LogP contribution in [0.25, 0.3) is 11.4 Å². The number of methoxy groups -OCH3 is 1.